The quantitative estimate of drug-likeness (QED) is 0.730. The van der Waals surface area contributed by atoms with E-state index in [0.29, 0.717) is 17.2 Å². The number of ether oxygens (including phenoxy) is 2. The van der Waals surface area contributed by atoms with Crippen molar-refractivity contribution in [2.45, 2.75) is 0 Å². The number of hydrogen-bond acceptors (Lipinski definition) is 7. The molecule has 0 aliphatic rings. The molecule has 0 saturated heterocycles. The first-order chi connectivity index (χ1) is 11.7. The normalized spacial score (nSPS) is 10.4. The standard InChI is InChI=1S/C15H15N5O4/c1-20-10(7-8-16-20)14-18-19-15(24-14)17-13(21)9-23-12-6-4-3-5-11(12)22-2/h3-8H,9H2,1-2H3,(H,17,19,21). The van der Waals surface area contributed by atoms with E-state index in [4.69, 9.17) is 13.9 Å². The fourth-order valence-corrected chi connectivity index (χ4v) is 2.00. The van der Waals surface area contributed by atoms with E-state index in [-0.39, 0.29) is 18.5 Å². The van der Waals surface area contributed by atoms with Gasteiger partial charge in [-0.15, -0.1) is 5.10 Å². The largest absolute Gasteiger partial charge is 0.493 e. The predicted molar refractivity (Wildman–Crippen MR) is 83.6 cm³/mol. The first-order valence-electron chi connectivity index (χ1n) is 7.05. The number of para-hydroxylation sites is 2. The summed E-state index contributed by atoms with van der Waals surface area (Å²) in [6, 6.07) is 8.76. The van der Waals surface area contributed by atoms with Crippen molar-refractivity contribution in [3.8, 4) is 23.1 Å². The number of aryl methyl sites for hydroxylation is 1. The Hall–Kier alpha value is -3.36. The zero-order valence-corrected chi connectivity index (χ0v) is 13.1. The van der Waals surface area contributed by atoms with Crippen LogP contribution in [0.15, 0.2) is 40.9 Å². The Balaban J connectivity index is 1.59. The maximum atomic E-state index is 11.9. The molecule has 2 heterocycles. The molecule has 2 aromatic heterocycles. The lowest BCUT2D eigenvalue weighted by Crippen LogP contribution is -2.20. The highest BCUT2D eigenvalue weighted by atomic mass is 16.5. The van der Waals surface area contributed by atoms with Gasteiger partial charge in [0.1, 0.15) is 5.69 Å². The number of methoxy groups -OCH3 is 1. The molecule has 0 unspecified atom stereocenters. The van der Waals surface area contributed by atoms with E-state index < -0.39 is 5.91 Å². The third-order valence-electron chi connectivity index (χ3n) is 3.14. The maximum Gasteiger partial charge on any atom is 0.322 e. The van der Waals surface area contributed by atoms with E-state index in [2.05, 4.69) is 20.6 Å². The molecule has 0 spiro atoms. The highest BCUT2D eigenvalue weighted by Gasteiger charge is 2.14. The zero-order chi connectivity index (χ0) is 16.9. The van der Waals surface area contributed by atoms with E-state index in [9.17, 15) is 4.79 Å². The second kappa shape index (κ2) is 6.82. The average Bonchev–Trinajstić information content (AvgIpc) is 3.21. The van der Waals surface area contributed by atoms with E-state index in [1.807, 2.05) is 6.07 Å². The van der Waals surface area contributed by atoms with E-state index in [0.717, 1.165) is 0 Å². The summed E-state index contributed by atoms with van der Waals surface area (Å²) < 4.78 is 17.5. The molecule has 0 fully saturated rings. The third kappa shape index (κ3) is 3.35. The van der Waals surface area contributed by atoms with Crippen LogP contribution in [-0.4, -0.2) is 39.6 Å². The van der Waals surface area contributed by atoms with Crippen LogP contribution in [0.1, 0.15) is 0 Å². The first kappa shape index (κ1) is 15.5. The van der Waals surface area contributed by atoms with E-state index >= 15 is 0 Å². The van der Waals surface area contributed by atoms with Gasteiger partial charge in [0.2, 0.25) is 0 Å². The summed E-state index contributed by atoms with van der Waals surface area (Å²) >= 11 is 0. The van der Waals surface area contributed by atoms with Crippen molar-refractivity contribution in [1.82, 2.24) is 20.0 Å². The van der Waals surface area contributed by atoms with Crippen molar-refractivity contribution in [1.29, 1.82) is 0 Å². The lowest BCUT2D eigenvalue weighted by molar-refractivity contribution is -0.118. The number of benzene rings is 1. The Morgan fingerprint density at radius 3 is 2.75 bits per heavy atom. The minimum atomic E-state index is -0.430. The summed E-state index contributed by atoms with van der Waals surface area (Å²) in [6.07, 6.45) is 1.61. The molecule has 0 aliphatic carbocycles. The molecule has 1 aromatic carbocycles. The van der Waals surface area contributed by atoms with Gasteiger partial charge in [-0.05, 0) is 18.2 Å². The minimum Gasteiger partial charge on any atom is -0.493 e. The average molecular weight is 329 g/mol. The van der Waals surface area contributed by atoms with Crippen LogP contribution in [0, 0.1) is 0 Å². The molecule has 0 saturated carbocycles. The molecule has 0 aliphatic heterocycles. The van der Waals surface area contributed by atoms with E-state index in [1.165, 1.54) is 7.11 Å². The Labute approximate surface area is 137 Å². The monoisotopic (exact) mass is 329 g/mol. The molecular weight excluding hydrogens is 314 g/mol. The molecule has 3 rings (SSSR count). The summed E-state index contributed by atoms with van der Waals surface area (Å²) in [7, 11) is 3.28. The van der Waals surface area contributed by atoms with Crippen LogP contribution in [0.25, 0.3) is 11.6 Å². The molecule has 1 amide bonds. The number of carbonyl (C=O) groups is 1. The van der Waals surface area contributed by atoms with Crippen molar-refractivity contribution in [2.24, 2.45) is 7.05 Å². The summed E-state index contributed by atoms with van der Waals surface area (Å²) in [5, 5.41) is 14.1. The van der Waals surface area contributed by atoms with Gasteiger partial charge in [-0.2, -0.15) is 5.10 Å². The number of carbonyl (C=O) groups excluding carboxylic acids is 1. The van der Waals surface area contributed by atoms with Crippen LogP contribution in [0.5, 0.6) is 11.5 Å². The van der Waals surface area contributed by atoms with Gasteiger partial charge in [-0.25, -0.2) is 0 Å². The second-order valence-corrected chi connectivity index (χ2v) is 4.74. The summed E-state index contributed by atoms with van der Waals surface area (Å²) in [4.78, 5) is 11.9. The topological polar surface area (TPSA) is 104 Å². The van der Waals surface area contributed by atoms with Crippen LogP contribution in [0.4, 0.5) is 6.01 Å². The summed E-state index contributed by atoms with van der Waals surface area (Å²) in [6.45, 7) is -0.218. The number of nitrogens with zero attached hydrogens (tertiary/aromatic N) is 4. The van der Waals surface area contributed by atoms with Gasteiger partial charge >= 0.3 is 6.01 Å². The van der Waals surface area contributed by atoms with Gasteiger partial charge in [0, 0.05) is 13.2 Å². The van der Waals surface area contributed by atoms with Crippen molar-refractivity contribution in [3.05, 3.63) is 36.5 Å². The molecule has 124 valence electrons. The minimum absolute atomic E-state index is 0.0140. The number of amides is 1. The van der Waals surface area contributed by atoms with Crippen LogP contribution in [0.2, 0.25) is 0 Å². The van der Waals surface area contributed by atoms with Gasteiger partial charge in [0.05, 0.1) is 7.11 Å². The Morgan fingerprint density at radius 2 is 2.04 bits per heavy atom. The second-order valence-electron chi connectivity index (χ2n) is 4.74. The van der Waals surface area contributed by atoms with Gasteiger partial charge in [-0.1, -0.05) is 17.2 Å². The molecule has 3 aromatic rings. The predicted octanol–water partition coefficient (Wildman–Crippen LogP) is 1.50. The van der Waals surface area contributed by atoms with Gasteiger partial charge in [-0.3, -0.25) is 14.8 Å². The van der Waals surface area contributed by atoms with Crippen LogP contribution < -0.4 is 14.8 Å². The molecule has 1 N–H and O–H groups in total. The fraction of sp³-hybridized carbons (Fsp3) is 0.200. The Morgan fingerprint density at radius 1 is 1.25 bits per heavy atom. The van der Waals surface area contributed by atoms with Crippen LogP contribution in [0.3, 0.4) is 0 Å². The fourth-order valence-electron chi connectivity index (χ4n) is 2.00. The third-order valence-corrected chi connectivity index (χ3v) is 3.14. The van der Waals surface area contributed by atoms with Gasteiger partial charge < -0.3 is 13.9 Å². The number of aromatic nitrogens is 4. The van der Waals surface area contributed by atoms with Crippen LogP contribution in [-0.2, 0) is 11.8 Å². The smallest absolute Gasteiger partial charge is 0.322 e. The molecule has 9 heteroatoms. The van der Waals surface area contributed by atoms with Crippen molar-refractivity contribution in [3.63, 3.8) is 0 Å². The first-order valence-corrected chi connectivity index (χ1v) is 7.05. The lowest BCUT2D eigenvalue weighted by atomic mass is 10.3. The lowest BCUT2D eigenvalue weighted by Gasteiger charge is -2.09. The molecule has 0 atom stereocenters. The molecule has 0 bridgehead atoms. The number of anilines is 1. The number of hydrogen-bond donors (Lipinski definition) is 1. The molecule has 24 heavy (non-hydrogen) atoms. The SMILES string of the molecule is COc1ccccc1OCC(=O)Nc1nnc(-c2ccnn2C)o1. The Kier molecular flexibility index (Phi) is 4.41. The summed E-state index contributed by atoms with van der Waals surface area (Å²) in [5.41, 5.74) is 0.647. The molecular formula is C15H15N5O4. The Bertz CT molecular complexity index is 842. The molecule has 9 nitrogen and oxygen atoms in total. The summed E-state index contributed by atoms with van der Waals surface area (Å²) in [5.74, 6) is 0.842. The molecule has 0 radical (unpaired) electrons. The van der Waals surface area contributed by atoms with Crippen LogP contribution >= 0.6 is 0 Å². The highest BCUT2D eigenvalue weighted by molar-refractivity contribution is 5.89. The van der Waals surface area contributed by atoms with Crippen molar-refractivity contribution < 1.29 is 18.7 Å². The van der Waals surface area contributed by atoms with Crippen molar-refractivity contribution >= 4 is 11.9 Å². The van der Waals surface area contributed by atoms with Crippen molar-refractivity contribution in [2.75, 3.05) is 19.0 Å². The number of nitrogens with one attached hydrogen (secondary N) is 1. The van der Waals surface area contributed by atoms with Gasteiger partial charge in [0.25, 0.3) is 11.8 Å². The van der Waals surface area contributed by atoms with E-state index in [1.54, 1.807) is 42.2 Å². The maximum absolute atomic E-state index is 11.9. The van der Waals surface area contributed by atoms with Gasteiger partial charge in [0.15, 0.2) is 18.1 Å². The number of rotatable bonds is 6. The highest BCUT2D eigenvalue weighted by Crippen LogP contribution is 2.25. The zero-order valence-electron chi connectivity index (χ0n) is 13.1.